The van der Waals surface area contributed by atoms with Crippen LogP contribution in [0.2, 0.25) is 0 Å². The van der Waals surface area contributed by atoms with Crippen LogP contribution < -0.4 is 0 Å². The SMILES string of the molecule is Cn1c2ccccc2c2cnnc(C#N)c21. The van der Waals surface area contributed by atoms with Crippen molar-refractivity contribution in [3.63, 3.8) is 0 Å². The molecule has 2 heterocycles. The van der Waals surface area contributed by atoms with Gasteiger partial charge in [-0.25, -0.2) is 0 Å². The molecule has 0 N–H and O–H groups in total. The topological polar surface area (TPSA) is 54.5 Å². The van der Waals surface area contributed by atoms with Crippen LogP contribution in [0.25, 0.3) is 21.8 Å². The molecule has 4 heteroatoms. The van der Waals surface area contributed by atoms with Gasteiger partial charge in [0.2, 0.25) is 0 Å². The summed E-state index contributed by atoms with van der Waals surface area (Å²) < 4.78 is 1.98. The summed E-state index contributed by atoms with van der Waals surface area (Å²) in [6.45, 7) is 0. The number of hydrogen-bond acceptors (Lipinski definition) is 3. The monoisotopic (exact) mass is 208 g/mol. The average Bonchev–Trinajstić information content (AvgIpc) is 2.64. The van der Waals surface area contributed by atoms with Gasteiger partial charge in [0.1, 0.15) is 6.07 Å². The Morgan fingerprint density at radius 1 is 1.25 bits per heavy atom. The van der Waals surface area contributed by atoms with Gasteiger partial charge in [-0.1, -0.05) is 18.2 Å². The van der Waals surface area contributed by atoms with Crippen LogP contribution in [0.4, 0.5) is 0 Å². The van der Waals surface area contributed by atoms with E-state index >= 15 is 0 Å². The maximum atomic E-state index is 9.02. The number of aryl methyl sites for hydroxylation is 1. The van der Waals surface area contributed by atoms with Crippen molar-refractivity contribution in [2.75, 3.05) is 0 Å². The van der Waals surface area contributed by atoms with Crippen molar-refractivity contribution < 1.29 is 0 Å². The third-order valence-electron chi connectivity index (χ3n) is 2.82. The van der Waals surface area contributed by atoms with Gasteiger partial charge >= 0.3 is 0 Å². The maximum absolute atomic E-state index is 9.02. The number of hydrogen-bond donors (Lipinski definition) is 0. The number of aromatic nitrogens is 3. The Labute approximate surface area is 91.7 Å². The molecule has 4 nitrogen and oxygen atoms in total. The Hall–Kier alpha value is -2.41. The van der Waals surface area contributed by atoms with Gasteiger partial charge in [0.15, 0.2) is 5.69 Å². The fraction of sp³-hybridized carbons (Fsp3) is 0.0833. The normalized spacial score (nSPS) is 10.8. The van der Waals surface area contributed by atoms with Crippen molar-refractivity contribution in [2.24, 2.45) is 7.05 Å². The minimum absolute atomic E-state index is 0.371. The minimum Gasteiger partial charge on any atom is -0.341 e. The molecule has 0 bridgehead atoms. The van der Waals surface area contributed by atoms with E-state index in [9.17, 15) is 0 Å². The summed E-state index contributed by atoms with van der Waals surface area (Å²) in [5.41, 5.74) is 2.30. The number of rotatable bonds is 0. The smallest absolute Gasteiger partial charge is 0.187 e. The molecule has 0 saturated carbocycles. The number of nitrogens with zero attached hydrogens (tertiary/aromatic N) is 4. The van der Waals surface area contributed by atoms with E-state index in [4.69, 9.17) is 5.26 Å². The molecule has 0 saturated heterocycles. The predicted octanol–water partition coefficient (Wildman–Crippen LogP) is 1.99. The van der Waals surface area contributed by atoms with E-state index in [1.54, 1.807) is 6.20 Å². The molecule has 0 aliphatic rings. The summed E-state index contributed by atoms with van der Waals surface area (Å²) in [6, 6.07) is 10.1. The van der Waals surface area contributed by atoms with Crippen molar-refractivity contribution in [1.82, 2.24) is 14.8 Å². The summed E-state index contributed by atoms with van der Waals surface area (Å²) in [5.74, 6) is 0. The Kier molecular flexibility index (Phi) is 1.68. The number of benzene rings is 1. The van der Waals surface area contributed by atoms with Gasteiger partial charge in [-0.3, -0.25) is 0 Å². The number of para-hydroxylation sites is 1. The molecule has 0 radical (unpaired) electrons. The zero-order valence-corrected chi connectivity index (χ0v) is 8.68. The maximum Gasteiger partial charge on any atom is 0.187 e. The van der Waals surface area contributed by atoms with Crippen LogP contribution in [0, 0.1) is 11.3 Å². The largest absolute Gasteiger partial charge is 0.341 e. The minimum atomic E-state index is 0.371. The Balaban J connectivity index is 2.68. The van der Waals surface area contributed by atoms with Crippen molar-refractivity contribution in [3.8, 4) is 6.07 Å². The van der Waals surface area contributed by atoms with Crippen LogP contribution in [-0.2, 0) is 7.05 Å². The molecule has 3 aromatic rings. The van der Waals surface area contributed by atoms with E-state index in [2.05, 4.69) is 16.3 Å². The van der Waals surface area contributed by atoms with Gasteiger partial charge in [0.25, 0.3) is 0 Å². The molecule has 0 unspecified atom stereocenters. The molecular formula is C12H8N4. The second-order valence-corrected chi connectivity index (χ2v) is 3.64. The molecule has 0 fully saturated rings. The van der Waals surface area contributed by atoms with Gasteiger partial charge in [-0.15, -0.1) is 5.10 Å². The summed E-state index contributed by atoms with van der Waals surface area (Å²) in [7, 11) is 1.94. The van der Waals surface area contributed by atoms with Gasteiger partial charge < -0.3 is 4.57 Å². The van der Waals surface area contributed by atoms with Crippen molar-refractivity contribution in [2.45, 2.75) is 0 Å². The third-order valence-corrected chi connectivity index (χ3v) is 2.82. The van der Waals surface area contributed by atoms with Gasteiger partial charge in [-0.2, -0.15) is 10.4 Å². The van der Waals surface area contributed by atoms with Crippen LogP contribution in [-0.4, -0.2) is 14.8 Å². The molecule has 76 valence electrons. The van der Waals surface area contributed by atoms with Crippen molar-refractivity contribution >= 4 is 21.8 Å². The first kappa shape index (κ1) is 8.86. The molecule has 0 aliphatic carbocycles. The molecule has 2 aromatic heterocycles. The highest BCUT2D eigenvalue weighted by Crippen LogP contribution is 2.27. The molecule has 0 atom stereocenters. The fourth-order valence-corrected chi connectivity index (χ4v) is 2.11. The first-order valence-corrected chi connectivity index (χ1v) is 4.92. The average molecular weight is 208 g/mol. The second-order valence-electron chi connectivity index (χ2n) is 3.64. The Morgan fingerprint density at radius 2 is 2.06 bits per heavy atom. The summed E-state index contributed by atoms with van der Waals surface area (Å²) in [5, 5.41) is 18.8. The van der Waals surface area contributed by atoms with Gasteiger partial charge in [0.05, 0.1) is 11.7 Å². The van der Waals surface area contributed by atoms with E-state index in [1.807, 2.05) is 35.9 Å². The van der Waals surface area contributed by atoms with Crippen molar-refractivity contribution in [3.05, 3.63) is 36.2 Å². The van der Waals surface area contributed by atoms with Gasteiger partial charge in [0, 0.05) is 23.3 Å². The summed E-state index contributed by atoms with van der Waals surface area (Å²) >= 11 is 0. The van der Waals surface area contributed by atoms with E-state index < -0.39 is 0 Å². The second kappa shape index (κ2) is 3.04. The molecule has 1 aromatic carbocycles. The molecular weight excluding hydrogens is 200 g/mol. The van der Waals surface area contributed by atoms with Crippen molar-refractivity contribution in [1.29, 1.82) is 5.26 Å². The first-order chi connectivity index (χ1) is 7.83. The fourth-order valence-electron chi connectivity index (χ4n) is 2.11. The lowest BCUT2D eigenvalue weighted by Gasteiger charge is -1.97. The van der Waals surface area contributed by atoms with E-state index in [1.165, 1.54) is 0 Å². The molecule has 0 aliphatic heterocycles. The van der Waals surface area contributed by atoms with Crippen LogP contribution in [0.3, 0.4) is 0 Å². The van der Waals surface area contributed by atoms with Crippen LogP contribution in [0.15, 0.2) is 30.5 Å². The number of fused-ring (bicyclic) bond motifs is 3. The first-order valence-electron chi connectivity index (χ1n) is 4.92. The highest BCUT2D eigenvalue weighted by Gasteiger charge is 2.12. The number of nitriles is 1. The highest BCUT2D eigenvalue weighted by molar-refractivity contribution is 6.08. The van der Waals surface area contributed by atoms with E-state index in [0.29, 0.717) is 5.69 Å². The molecule has 16 heavy (non-hydrogen) atoms. The zero-order chi connectivity index (χ0) is 11.1. The Morgan fingerprint density at radius 3 is 2.88 bits per heavy atom. The summed E-state index contributed by atoms with van der Waals surface area (Å²) in [4.78, 5) is 0. The van der Waals surface area contributed by atoms with Gasteiger partial charge in [-0.05, 0) is 6.07 Å². The lowest BCUT2D eigenvalue weighted by Crippen LogP contribution is -1.93. The van der Waals surface area contributed by atoms with Crippen LogP contribution in [0.1, 0.15) is 5.69 Å². The van der Waals surface area contributed by atoms with E-state index in [-0.39, 0.29) is 0 Å². The molecule has 3 rings (SSSR count). The highest BCUT2D eigenvalue weighted by atomic mass is 15.1. The third kappa shape index (κ3) is 0.971. The standard InChI is InChI=1S/C12H8N4/c1-16-11-5-3-2-4-8(11)9-7-14-15-10(6-13)12(9)16/h2-5,7H,1H3. The van der Waals surface area contributed by atoms with Crippen LogP contribution in [0.5, 0.6) is 0 Å². The van der Waals surface area contributed by atoms with Crippen LogP contribution >= 0.6 is 0 Å². The summed E-state index contributed by atoms with van der Waals surface area (Å²) in [6.07, 6.45) is 1.71. The molecule has 0 spiro atoms. The Bertz CT molecular complexity index is 734. The molecule has 0 amide bonds. The quantitative estimate of drug-likeness (QED) is 0.567. The lowest BCUT2D eigenvalue weighted by molar-refractivity contribution is 0.972. The predicted molar refractivity (Wildman–Crippen MR) is 60.7 cm³/mol. The lowest BCUT2D eigenvalue weighted by atomic mass is 10.2. The van der Waals surface area contributed by atoms with E-state index in [0.717, 1.165) is 21.8 Å². The zero-order valence-electron chi connectivity index (χ0n) is 8.68.